The van der Waals surface area contributed by atoms with Crippen molar-refractivity contribution < 1.29 is 14.4 Å². The molecule has 0 N–H and O–H groups in total. The van der Waals surface area contributed by atoms with Crippen LogP contribution in [0, 0.1) is 0 Å². The fraction of sp³-hybridized carbons (Fsp3) is 0.974. The van der Waals surface area contributed by atoms with Gasteiger partial charge >= 0.3 is 0 Å². The molecule has 3 nitrogen and oxygen atoms in total. The molecular weight excluding hydrogens is 502 g/mol. The van der Waals surface area contributed by atoms with Gasteiger partial charge in [-0.05, 0) is 38.5 Å². The zero-order chi connectivity index (χ0) is 30.7. The number of unbranched alkanes of at least 4 members (excludes halogenated alkanes) is 26. The van der Waals surface area contributed by atoms with Gasteiger partial charge in [0.25, 0.3) is 0 Å². The van der Waals surface area contributed by atoms with Crippen LogP contribution in [-0.2, 0) is 4.79 Å². The van der Waals surface area contributed by atoms with E-state index in [4.69, 9.17) is 0 Å². The smallest absolute Gasteiger partial charge is 0.0782 e. The van der Waals surface area contributed by atoms with Gasteiger partial charge in [-0.15, -0.1) is 0 Å². The first-order valence-electron chi connectivity index (χ1n) is 18.9. The van der Waals surface area contributed by atoms with Gasteiger partial charge in [0.15, 0.2) is 0 Å². The SMILES string of the molecule is CCCCCCCCCCCCCCCCCC(=O)[O-].CCCCCCCCCC[N+](C)(C)CCCCCCCC. The van der Waals surface area contributed by atoms with Gasteiger partial charge in [0.2, 0.25) is 0 Å². The predicted octanol–water partition coefficient (Wildman–Crippen LogP) is 11.6. The summed E-state index contributed by atoms with van der Waals surface area (Å²) in [6.45, 7) is 9.61. The molecule has 0 unspecified atom stereocenters. The Morgan fingerprint density at radius 1 is 0.390 bits per heavy atom. The Hall–Kier alpha value is -0.570. The third kappa shape index (κ3) is 41.6. The van der Waals surface area contributed by atoms with E-state index in [1.807, 2.05) is 0 Å². The Morgan fingerprint density at radius 2 is 0.610 bits per heavy atom. The minimum Gasteiger partial charge on any atom is -0.550 e. The van der Waals surface area contributed by atoms with Crippen LogP contribution >= 0.6 is 0 Å². The number of rotatable bonds is 32. The van der Waals surface area contributed by atoms with Crippen LogP contribution in [-0.4, -0.2) is 37.6 Å². The molecule has 0 fully saturated rings. The van der Waals surface area contributed by atoms with Crippen molar-refractivity contribution in [2.24, 2.45) is 0 Å². The highest BCUT2D eigenvalue weighted by molar-refractivity contribution is 5.64. The van der Waals surface area contributed by atoms with E-state index in [2.05, 4.69) is 34.9 Å². The molecule has 0 heterocycles. The van der Waals surface area contributed by atoms with Crippen LogP contribution in [0.5, 0.6) is 0 Å². The van der Waals surface area contributed by atoms with Crippen LogP contribution < -0.4 is 5.11 Å². The summed E-state index contributed by atoms with van der Waals surface area (Å²) in [5.41, 5.74) is 0. The molecule has 248 valence electrons. The summed E-state index contributed by atoms with van der Waals surface area (Å²) >= 11 is 0. The summed E-state index contributed by atoms with van der Waals surface area (Å²) in [6.07, 6.45) is 39.9. The Morgan fingerprint density at radius 3 is 0.854 bits per heavy atom. The number of carbonyl (C=O) groups excluding carboxylic acids is 1. The monoisotopic (exact) mass is 582 g/mol. The van der Waals surface area contributed by atoms with Crippen LogP contribution in [0.25, 0.3) is 0 Å². The molecule has 0 rings (SSSR count). The molecule has 0 saturated carbocycles. The molecule has 0 radical (unpaired) electrons. The number of nitrogens with zero attached hydrogens (tertiary/aromatic N) is 1. The zero-order valence-electron chi connectivity index (χ0n) is 29.4. The van der Waals surface area contributed by atoms with Crippen LogP contribution in [0.15, 0.2) is 0 Å². The summed E-state index contributed by atoms with van der Waals surface area (Å²) < 4.78 is 1.24. The molecule has 0 aliphatic rings. The van der Waals surface area contributed by atoms with E-state index in [0.717, 1.165) is 12.8 Å². The molecule has 0 aromatic carbocycles. The van der Waals surface area contributed by atoms with E-state index in [1.165, 1.54) is 191 Å². The average Bonchev–Trinajstić information content (AvgIpc) is 2.94. The minimum atomic E-state index is -0.903. The third-order valence-corrected chi connectivity index (χ3v) is 8.72. The van der Waals surface area contributed by atoms with Crippen LogP contribution in [0.2, 0.25) is 0 Å². The Kier molecular flexibility index (Phi) is 37.0. The highest BCUT2D eigenvalue weighted by Crippen LogP contribution is 2.14. The number of quaternary nitrogens is 1. The first-order chi connectivity index (χ1) is 19.9. The quantitative estimate of drug-likeness (QED) is 0.0585. The van der Waals surface area contributed by atoms with Gasteiger partial charge in [-0.25, -0.2) is 0 Å². The molecule has 0 aliphatic carbocycles. The summed E-state index contributed by atoms with van der Waals surface area (Å²) in [6, 6.07) is 0. The lowest BCUT2D eigenvalue weighted by molar-refractivity contribution is -0.890. The molecule has 0 aromatic rings. The topological polar surface area (TPSA) is 40.1 Å². The fourth-order valence-corrected chi connectivity index (χ4v) is 5.75. The predicted molar refractivity (Wildman–Crippen MR) is 182 cm³/mol. The second-order valence-corrected chi connectivity index (χ2v) is 13.7. The average molecular weight is 582 g/mol. The van der Waals surface area contributed by atoms with Crippen molar-refractivity contribution in [2.75, 3.05) is 27.2 Å². The number of hydrogen-bond donors (Lipinski definition) is 0. The number of carboxylic acid groups (broad SMARTS) is 1. The van der Waals surface area contributed by atoms with Crippen molar-refractivity contribution in [2.45, 2.75) is 213 Å². The van der Waals surface area contributed by atoms with Gasteiger partial charge in [0.1, 0.15) is 0 Å². The van der Waals surface area contributed by atoms with E-state index >= 15 is 0 Å². The molecule has 0 saturated heterocycles. The van der Waals surface area contributed by atoms with E-state index in [9.17, 15) is 9.90 Å². The van der Waals surface area contributed by atoms with Crippen molar-refractivity contribution >= 4 is 5.97 Å². The summed E-state index contributed by atoms with van der Waals surface area (Å²) in [5, 5.41) is 10.2. The van der Waals surface area contributed by atoms with Gasteiger partial charge in [-0.2, -0.15) is 0 Å². The van der Waals surface area contributed by atoms with Gasteiger partial charge in [-0.3, -0.25) is 0 Å². The molecule has 0 atom stereocenters. The van der Waals surface area contributed by atoms with Crippen LogP contribution in [0.1, 0.15) is 213 Å². The third-order valence-electron chi connectivity index (χ3n) is 8.72. The van der Waals surface area contributed by atoms with Gasteiger partial charge < -0.3 is 14.4 Å². The first kappa shape index (κ1) is 42.6. The molecule has 0 amide bonds. The van der Waals surface area contributed by atoms with Crippen LogP contribution in [0.3, 0.4) is 0 Å². The maximum Gasteiger partial charge on any atom is 0.0782 e. The van der Waals surface area contributed by atoms with Crippen LogP contribution in [0.4, 0.5) is 0 Å². The van der Waals surface area contributed by atoms with Crippen molar-refractivity contribution in [1.29, 1.82) is 0 Å². The number of hydrogen-bond acceptors (Lipinski definition) is 2. The zero-order valence-corrected chi connectivity index (χ0v) is 29.4. The highest BCUT2D eigenvalue weighted by Gasteiger charge is 2.13. The Labute approximate surface area is 260 Å². The van der Waals surface area contributed by atoms with Crippen molar-refractivity contribution in [1.82, 2.24) is 0 Å². The first-order valence-corrected chi connectivity index (χ1v) is 18.9. The van der Waals surface area contributed by atoms with E-state index < -0.39 is 5.97 Å². The van der Waals surface area contributed by atoms with Crippen molar-refractivity contribution in [3.8, 4) is 0 Å². The summed E-state index contributed by atoms with van der Waals surface area (Å²) in [7, 11) is 4.85. The van der Waals surface area contributed by atoms with Crippen molar-refractivity contribution in [3.05, 3.63) is 0 Å². The molecule has 3 heteroatoms. The largest absolute Gasteiger partial charge is 0.550 e. The molecule has 0 aromatic heterocycles. The maximum atomic E-state index is 10.2. The summed E-state index contributed by atoms with van der Waals surface area (Å²) in [4.78, 5) is 10.2. The molecule has 0 bridgehead atoms. The normalized spacial score (nSPS) is 11.4. The fourth-order valence-electron chi connectivity index (χ4n) is 5.75. The molecule has 0 aliphatic heterocycles. The number of carbonyl (C=O) groups is 1. The lowest BCUT2D eigenvalue weighted by Gasteiger charge is -2.30. The van der Waals surface area contributed by atoms with Gasteiger partial charge in [-0.1, -0.05) is 175 Å². The molecule has 41 heavy (non-hydrogen) atoms. The standard InChI is InChI=1S/C20H44N.C18H36O2/c1-5-7-9-11-13-14-16-18-20-21(3,4)19-17-15-12-10-8-6-2;1-2-3-4-5-6-7-8-9-10-11-12-13-14-15-16-17-18(19)20/h5-20H2,1-4H3;2-17H2,1H3,(H,19,20)/q+1;/p-1. The van der Waals surface area contributed by atoms with Gasteiger partial charge in [0, 0.05) is 5.97 Å². The summed E-state index contributed by atoms with van der Waals surface area (Å²) in [5.74, 6) is -0.903. The maximum absolute atomic E-state index is 10.2. The van der Waals surface area contributed by atoms with E-state index in [1.54, 1.807) is 0 Å². The lowest BCUT2D eigenvalue weighted by Crippen LogP contribution is -2.41. The second kappa shape index (κ2) is 35.6. The second-order valence-electron chi connectivity index (χ2n) is 13.7. The van der Waals surface area contributed by atoms with E-state index in [0.29, 0.717) is 0 Å². The lowest BCUT2D eigenvalue weighted by atomic mass is 10.0. The molecule has 0 spiro atoms. The number of carboxylic acids is 1. The minimum absolute atomic E-state index is 0.234. The number of aliphatic carboxylic acids is 1. The highest BCUT2D eigenvalue weighted by atomic mass is 16.4. The molecular formula is C38H79NO2. The Bertz CT molecular complexity index is 491. The van der Waals surface area contributed by atoms with Crippen molar-refractivity contribution in [3.63, 3.8) is 0 Å². The van der Waals surface area contributed by atoms with Gasteiger partial charge in [0.05, 0.1) is 27.2 Å². The van der Waals surface area contributed by atoms with E-state index in [-0.39, 0.29) is 6.42 Å². The Balaban J connectivity index is 0.